The maximum Gasteiger partial charge on any atom is 0.212 e. The molecule has 0 spiro atoms. The van der Waals surface area contributed by atoms with Crippen LogP contribution in [0, 0.1) is 12.7 Å². The van der Waals surface area contributed by atoms with E-state index in [2.05, 4.69) is 4.72 Å². The first-order valence-corrected chi connectivity index (χ1v) is 7.38. The van der Waals surface area contributed by atoms with Gasteiger partial charge in [0.1, 0.15) is 5.82 Å². The highest BCUT2D eigenvalue weighted by Crippen LogP contribution is 2.17. The Morgan fingerprint density at radius 3 is 2.67 bits per heavy atom. The highest BCUT2D eigenvalue weighted by atomic mass is 32.2. The molecule has 6 heteroatoms. The van der Waals surface area contributed by atoms with Crippen LogP contribution in [-0.4, -0.2) is 25.9 Å². The fourth-order valence-corrected chi connectivity index (χ4v) is 2.83. The number of benzene rings is 1. The molecule has 102 valence electrons. The number of hydrogen-bond acceptors (Lipinski definition) is 3. The van der Waals surface area contributed by atoms with Gasteiger partial charge in [-0.3, -0.25) is 0 Å². The van der Waals surface area contributed by atoms with Crippen LogP contribution in [0.4, 0.5) is 4.39 Å². The van der Waals surface area contributed by atoms with Gasteiger partial charge in [0, 0.05) is 12.6 Å². The number of aryl methyl sites for hydroxylation is 1. The fourth-order valence-electron chi connectivity index (χ4n) is 1.53. The average Bonchev–Trinajstić information content (AvgIpc) is 2.29. The zero-order chi connectivity index (χ0) is 13.8. The minimum atomic E-state index is -3.45. The van der Waals surface area contributed by atoms with E-state index >= 15 is 0 Å². The lowest BCUT2D eigenvalue weighted by Gasteiger charge is -2.15. The first kappa shape index (κ1) is 15.1. The van der Waals surface area contributed by atoms with E-state index in [1.807, 2.05) is 0 Å². The van der Waals surface area contributed by atoms with Crippen molar-refractivity contribution in [1.82, 2.24) is 4.72 Å². The molecular weight excluding hydrogens is 257 g/mol. The molecule has 1 unspecified atom stereocenters. The molecule has 1 aromatic carbocycles. The second kappa shape index (κ2) is 6.26. The minimum Gasteiger partial charge on any atom is -0.396 e. The number of nitrogens with one attached hydrogen (secondary N) is 1. The van der Waals surface area contributed by atoms with Gasteiger partial charge in [-0.25, -0.2) is 17.5 Å². The smallest absolute Gasteiger partial charge is 0.212 e. The molecule has 2 N–H and O–H groups in total. The van der Waals surface area contributed by atoms with Gasteiger partial charge >= 0.3 is 0 Å². The van der Waals surface area contributed by atoms with Gasteiger partial charge in [0.2, 0.25) is 10.0 Å². The third-order valence-corrected chi connectivity index (χ3v) is 4.16. The Labute approximate surface area is 107 Å². The van der Waals surface area contributed by atoms with Gasteiger partial charge in [-0.15, -0.1) is 0 Å². The van der Waals surface area contributed by atoms with E-state index in [1.54, 1.807) is 26.0 Å². The number of aliphatic hydroxyl groups excluding tert-OH is 1. The monoisotopic (exact) mass is 275 g/mol. The lowest BCUT2D eigenvalue weighted by molar-refractivity contribution is 0.295. The van der Waals surface area contributed by atoms with E-state index in [9.17, 15) is 12.8 Å². The zero-order valence-electron chi connectivity index (χ0n) is 10.5. The lowest BCUT2D eigenvalue weighted by Crippen LogP contribution is -2.29. The Morgan fingerprint density at radius 1 is 1.44 bits per heavy atom. The maximum absolute atomic E-state index is 13.4. The molecule has 0 aliphatic carbocycles. The molecule has 1 rings (SSSR count). The van der Waals surface area contributed by atoms with Crippen LogP contribution in [-0.2, 0) is 10.0 Å². The molecule has 0 fully saturated rings. The predicted molar refractivity (Wildman–Crippen MR) is 68.2 cm³/mol. The molecule has 0 aliphatic rings. The molecule has 0 saturated heterocycles. The number of sulfonamides is 1. The first-order valence-electron chi connectivity index (χ1n) is 5.72. The van der Waals surface area contributed by atoms with Gasteiger partial charge in [-0.2, -0.15) is 0 Å². The normalized spacial score (nSPS) is 13.6. The predicted octanol–water partition coefficient (Wildman–Crippen LogP) is 1.50. The van der Waals surface area contributed by atoms with Gasteiger partial charge in [-0.1, -0.05) is 12.1 Å². The van der Waals surface area contributed by atoms with Crippen LogP contribution < -0.4 is 4.72 Å². The van der Waals surface area contributed by atoms with Crippen molar-refractivity contribution in [2.75, 3.05) is 12.4 Å². The van der Waals surface area contributed by atoms with Crippen molar-refractivity contribution in [3.8, 4) is 0 Å². The van der Waals surface area contributed by atoms with Crippen LogP contribution >= 0.6 is 0 Å². The summed E-state index contributed by atoms with van der Waals surface area (Å²) in [4.78, 5) is 0. The Hall–Kier alpha value is -0.980. The molecule has 0 aromatic heterocycles. The Kier molecular flexibility index (Phi) is 5.25. The summed E-state index contributed by atoms with van der Waals surface area (Å²) < 4.78 is 39.0. The summed E-state index contributed by atoms with van der Waals surface area (Å²) >= 11 is 0. The van der Waals surface area contributed by atoms with Crippen LogP contribution in [0.2, 0.25) is 0 Å². The molecule has 18 heavy (non-hydrogen) atoms. The standard InChI is InChI=1S/C12H18FNO3S/c1-9-4-5-11(8-12(9)13)10(2)14-18(16,17)7-3-6-15/h4-5,8,10,14-15H,3,6-7H2,1-2H3. The Balaban J connectivity index is 2.75. The van der Waals surface area contributed by atoms with Gasteiger partial charge < -0.3 is 5.11 Å². The molecular formula is C12H18FNO3S. The van der Waals surface area contributed by atoms with Crippen LogP contribution in [0.25, 0.3) is 0 Å². The van der Waals surface area contributed by atoms with Crippen LogP contribution in [0.1, 0.15) is 30.5 Å². The van der Waals surface area contributed by atoms with Gasteiger partial charge in [0.15, 0.2) is 0 Å². The average molecular weight is 275 g/mol. The maximum atomic E-state index is 13.4. The number of rotatable bonds is 6. The van der Waals surface area contributed by atoms with Gasteiger partial charge in [0.25, 0.3) is 0 Å². The second-order valence-corrected chi connectivity index (χ2v) is 6.12. The van der Waals surface area contributed by atoms with Crippen LogP contribution in [0.3, 0.4) is 0 Å². The fraction of sp³-hybridized carbons (Fsp3) is 0.500. The SMILES string of the molecule is Cc1ccc(C(C)NS(=O)(=O)CCCO)cc1F. The van der Waals surface area contributed by atoms with Gasteiger partial charge in [-0.05, 0) is 37.5 Å². The molecule has 0 amide bonds. The van der Waals surface area contributed by atoms with E-state index in [-0.39, 0.29) is 24.6 Å². The summed E-state index contributed by atoms with van der Waals surface area (Å²) in [5.41, 5.74) is 1.10. The molecule has 0 heterocycles. The van der Waals surface area contributed by atoms with E-state index < -0.39 is 16.1 Å². The summed E-state index contributed by atoms with van der Waals surface area (Å²) in [5.74, 6) is -0.490. The topological polar surface area (TPSA) is 66.4 Å². The highest BCUT2D eigenvalue weighted by molar-refractivity contribution is 7.89. The highest BCUT2D eigenvalue weighted by Gasteiger charge is 2.16. The van der Waals surface area contributed by atoms with Crippen molar-refractivity contribution in [2.24, 2.45) is 0 Å². The third kappa shape index (κ3) is 4.36. The van der Waals surface area contributed by atoms with E-state index in [1.165, 1.54) is 6.07 Å². The Bertz CT molecular complexity index is 502. The molecule has 0 radical (unpaired) electrons. The van der Waals surface area contributed by atoms with E-state index in [4.69, 9.17) is 5.11 Å². The van der Waals surface area contributed by atoms with Crippen molar-refractivity contribution in [3.63, 3.8) is 0 Å². The largest absolute Gasteiger partial charge is 0.396 e. The lowest BCUT2D eigenvalue weighted by atomic mass is 10.1. The number of hydrogen-bond donors (Lipinski definition) is 2. The first-order chi connectivity index (χ1) is 8.35. The molecule has 1 aromatic rings. The zero-order valence-corrected chi connectivity index (χ0v) is 11.3. The van der Waals surface area contributed by atoms with Crippen molar-refractivity contribution < 1.29 is 17.9 Å². The van der Waals surface area contributed by atoms with Crippen LogP contribution in [0.5, 0.6) is 0 Å². The summed E-state index contributed by atoms with van der Waals surface area (Å²) in [7, 11) is -3.45. The molecule has 0 bridgehead atoms. The Morgan fingerprint density at radius 2 is 2.11 bits per heavy atom. The second-order valence-electron chi connectivity index (χ2n) is 4.24. The molecule has 0 aliphatic heterocycles. The number of halogens is 1. The van der Waals surface area contributed by atoms with E-state index in [0.29, 0.717) is 11.1 Å². The third-order valence-electron chi connectivity index (χ3n) is 2.62. The van der Waals surface area contributed by atoms with Gasteiger partial charge in [0.05, 0.1) is 5.75 Å². The summed E-state index contributed by atoms with van der Waals surface area (Å²) in [5, 5.41) is 8.61. The quantitative estimate of drug-likeness (QED) is 0.826. The summed E-state index contributed by atoms with van der Waals surface area (Å²) in [6.45, 7) is 3.13. The van der Waals surface area contributed by atoms with Crippen molar-refractivity contribution in [2.45, 2.75) is 26.3 Å². The van der Waals surface area contributed by atoms with E-state index in [0.717, 1.165) is 0 Å². The molecule has 4 nitrogen and oxygen atoms in total. The summed E-state index contributed by atoms with van der Waals surface area (Å²) in [6, 6.07) is 4.14. The summed E-state index contributed by atoms with van der Waals surface area (Å²) in [6.07, 6.45) is 0.185. The van der Waals surface area contributed by atoms with Crippen molar-refractivity contribution >= 4 is 10.0 Å². The number of aliphatic hydroxyl groups is 1. The minimum absolute atomic E-state index is 0.137. The van der Waals surface area contributed by atoms with Crippen molar-refractivity contribution in [1.29, 1.82) is 0 Å². The molecule has 0 saturated carbocycles. The van der Waals surface area contributed by atoms with Crippen LogP contribution in [0.15, 0.2) is 18.2 Å². The molecule has 1 atom stereocenters. The van der Waals surface area contributed by atoms with Crippen molar-refractivity contribution in [3.05, 3.63) is 35.1 Å².